The summed E-state index contributed by atoms with van der Waals surface area (Å²) < 4.78 is 33.4. The van der Waals surface area contributed by atoms with Crippen molar-refractivity contribution >= 4 is 62.8 Å². The molecule has 48 heavy (non-hydrogen) atoms. The van der Waals surface area contributed by atoms with Gasteiger partial charge in [0, 0.05) is 18.0 Å². The molecule has 0 bridgehead atoms. The average molecular weight is 723 g/mol. The summed E-state index contributed by atoms with van der Waals surface area (Å²) in [7, 11) is -3.85. The van der Waals surface area contributed by atoms with E-state index in [2.05, 4.69) is 15.4 Å². The highest BCUT2D eigenvalue weighted by Crippen LogP contribution is 2.47. The van der Waals surface area contributed by atoms with E-state index in [0.717, 1.165) is 43.2 Å². The van der Waals surface area contributed by atoms with Gasteiger partial charge in [-0.25, -0.2) is 13.2 Å². The lowest BCUT2D eigenvalue weighted by Crippen LogP contribution is -2.59. The summed E-state index contributed by atoms with van der Waals surface area (Å²) >= 11 is 11.5. The van der Waals surface area contributed by atoms with E-state index >= 15 is 0 Å². The number of amides is 4. The Bertz CT molecular complexity index is 1600. The highest BCUT2D eigenvalue weighted by atomic mass is 35.5. The van der Waals surface area contributed by atoms with Gasteiger partial charge in [0.1, 0.15) is 23.7 Å². The van der Waals surface area contributed by atoms with E-state index in [9.17, 15) is 27.6 Å². The zero-order valence-electron chi connectivity index (χ0n) is 26.9. The van der Waals surface area contributed by atoms with Crippen LogP contribution in [0.1, 0.15) is 82.3 Å². The minimum Gasteiger partial charge on any atom is -0.444 e. The van der Waals surface area contributed by atoms with E-state index in [-0.39, 0.29) is 42.9 Å². The second kappa shape index (κ2) is 13.6. The maximum Gasteiger partial charge on any atom is 0.410 e. The normalized spacial score (nSPS) is 27.5. The van der Waals surface area contributed by atoms with Crippen LogP contribution in [0.5, 0.6) is 0 Å². The molecule has 5 N–H and O–H groups in total. The lowest BCUT2D eigenvalue weighted by atomic mass is 9.83. The largest absolute Gasteiger partial charge is 0.444 e. The molecule has 1 unspecified atom stereocenters. The number of nitrogens with two attached hydrogens (primary N) is 1. The number of nitrogens with zero attached hydrogens (tertiary/aromatic N) is 2. The maximum atomic E-state index is 14.3. The summed E-state index contributed by atoms with van der Waals surface area (Å²) in [5.41, 5.74) is 6.21. The van der Waals surface area contributed by atoms with Gasteiger partial charge in [-0.15, -0.1) is 0 Å². The third kappa shape index (κ3) is 7.09. The molecule has 2 heterocycles. The summed E-state index contributed by atoms with van der Waals surface area (Å²) in [6.45, 7) is 2.39. The zero-order chi connectivity index (χ0) is 34.4. The minimum absolute atomic E-state index is 0.00974. The van der Waals surface area contributed by atoms with E-state index in [0.29, 0.717) is 30.8 Å². The number of likely N-dealkylation sites (tertiary alicyclic amines) is 1. The predicted molar refractivity (Wildman–Crippen MR) is 181 cm³/mol. The van der Waals surface area contributed by atoms with E-state index in [1.54, 1.807) is 6.07 Å². The van der Waals surface area contributed by atoms with E-state index in [1.807, 2.05) is 19.1 Å². The van der Waals surface area contributed by atoms with Crippen molar-refractivity contribution in [2.75, 3.05) is 6.54 Å². The first-order valence-corrected chi connectivity index (χ1v) is 19.1. The Balaban J connectivity index is 1.22. The van der Waals surface area contributed by atoms with Crippen molar-refractivity contribution < 1.29 is 32.3 Å². The molecule has 0 radical (unpaired) electrons. The zero-order valence-corrected chi connectivity index (χ0v) is 29.3. The molecule has 16 heteroatoms. The number of nitrogens with one attached hydrogen (secondary N) is 3. The molecule has 4 amide bonds. The van der Waals surface area contributed by atoms with Gasteiger partial charge >= 0.3 is 6.09 Å². The molecule has 1 aromatic rings. The Morgan fingerprint density at radius 3 is 2.48 bits per heavy atom. The van der Waals surface area contributed by atoms with Gasteiger partial charge in [0.2, 0.25) is 21.8 Å². The molecule has 0 spiro atoms. The Morgan fingerprint density at radius 1 is 1.12 bits per heavy atom. The van der Waals surface area contributed by atoms with Crippen molar-refractivity contribution in [2.45, 2.75) is 113 Å². The first kappa shape index (κ1) is 34.7. The molecule has 3 aliphatic carbocycles. The fourth-order valence-corrected chi connectivity index (χ4v) is 9.32. The molecule has 5 atom stereocenters. The molecule has 13 nitrogen and oxygen atoms in total. The molecule has 3 saturated carbocycles. The van der Waals surface area contributed by atoms with Crippen molar-refractivity contribution in [2.24, 2.45) is 17.6 Å². The molecule has 5 aliphatic rings. The summed E-state index contributed by atoms with van der Waals surface area (Å²) in [5, 5.41) is 5.72. The lowest BCUT2D eigenvalue weighted by molar-refractivity contribution is -0.142. The van der Waals surface area contributed by atoms with E-state index in [1.165, 1.54) is 9.80 Å². The van der Waals surface area contributed by atoms with Crippen LogP contribution < -0.4 is 21.1 Å². The highest BCUT2D eigenvalue weighted by molar-refractivity contribution is 7.91. The molecule has 4 fully saturated rings. The van der Waals surface area contributed by atoms with Crippen LogP contribution in [0.15, 0.2) is 18.2 Å². The first-order chi connectivity index (χ1) is 22.8. The SMILES string of the molecule is CC[C@@H]1C[C@]1(NC(=O)[C@@H]1C[C@@H](OC(=O)N2Cc3cccc(Cl)c3C2)CN1C(=O)C(NC(N)=S)C1CCCCC1)C(=O)NS(=O)(=O)C1CC1. The third-order valence-electron chi connectivity index (χ3n) is 10.5. The van der Waals surface area contributed by atoms with Gasteiger partial charge in [-0.2, -0.15) is 0 Å². The number of benzene rings is 1. The fraction of sp³-hybridized carbons (Fsp3) is 0.656. The molecular weight excluding hydrogens is 680 g/mol. The topological polar surface area (TPSA) is 180 Å². The van der Waals surface area contributed by atoms with Crippen LogP contribution in [0.25, 0.3) is 0 Å². The predicted octanol–water partition coefficient (Wildman–Crippen LogP) is 2.44. The van der Waals surface area contributed by atoms with E-state index in [4.69, 9.17) is 34.3 Å². The first-order valence-electron chi connectivity index (χ1n) is 16.8. The van der Waals surface area contributed by atoms with Crippen molar-refractivity contribution in [1.82, 2.24) is 25.2 Å². The standard InChI is InChI=1S/C32H43ClN6O7S2/c1-2-20-14-32(20,29(42)37-48(44,45)22-11-12-22)36-27(40)25-13-21(46-31(43)38-15-19-9-6-10-24(33)23(19)17-38)16-39(25)28(41)26(35-30(34)47)18-7-4-3-5-8-18/h6,9-10,18,20-22,25-26H,2-5,7-8,11-17H2,1H3,(H,36,40)(H,37,42)(H3,34,35,47)/t20-,21-,25+,26?,32-/m1/s1. The molecule has 1 aromatic carbocycles. The van der Waals surface area contributed by atoms with Crippen molar-refractivity contribution in [3.63, 3.8) is 0 Å². The molecule has 2 aliphatic heterocycles. The molecule has 0 aromatic heterocycles. The van der Waals surface area contributed by atoms with Crippen LogP contribution in [0.2, 0.25) is 5.02 Å². The van der Waals surface area contributed by atoms with Crippen LogP contribution in [0, 0.1) is 11.8 Å². The van der Waals surface area contributed by atoms with Gasteiger partial charge in [-0.05, 0) is 73.4 Å². The summed E-state index contributed by atoms with van der Waals surface area (Å²) in [4.78, 5) is 58.1. The smallest absolute Gasteiger partial charge is 0.410 e. The highest BCUT2D eigenvalue weighted by Gasteiger charge is 2.62. The Kier molecular flexibility index (Phi) is 9.84. The summed E-state index contributed by atoms with van der Waals surface area (Å²) in [6.07, 6.45) is 4.85. The van der Waals surface area contributed by atoms with E-state index < -0.39 is 62.8 Å². The molecule has 1 saturated heterocycles. The number of fused-ring (bicyclic) bond motifs is 1. The second-order valence-electron chi connectivity index (χ2n) is 13.8. The number of hydrogen-bond acceptors (Lipinski definition) is 8. The van der Waals surface area contributed by atoms with Crippen LogP contribution in [-0.2, 0) is 42.2 Å². The summed E-state index contributed by atoms with van der Waals surface area (Å²) in [6, 6.07) is 3.60. The number of carbonyl (C=O) groups is 4. The molecule has 6 rings (SSSR count). The van der Waals surface area contributed by atoms with Gasteiger partial charge in [-0.1, -0.05) is 56.3 Å². The van der Waals surface area contributed by atoms with Crippen LogP contribution in [0.3, 0.4) is 0 Å². The van der Waals surface area contributed by atoms with Gasteiger partial charge < -0.3 is 26.0 Å². The van der Waals surface area contributed by atoms with Gasteiger partial charge in [-0.3, -0.25) is 24.0 Å². The number of thiocarbonyl (C=S) groups is 1. The Hall–Kier alpha value is -3.17. The Labute approximate surface area is 291 Å². The maximum absolute atomic E-state index is 14.3. The van der Waals surface area contributed by atoms with Crippen LogP contribution in [-0.4, -0.2) is 82.7 Å². The number of carbonyl (C=O) groups excluding carboxylic acids is 4. The van der Waals surface area contributed by atoms with Crippen molar-refractivity contribution in [1.29, 1.82) is 0 Å². The van der Waals surface area contributed by atoms with Gasteiger partial charge in [0.25, 0.3) is 5.91 Å². The number of halogens is 1. The monoisotopic (exact) mass is 722 g/mol. The second-order valence-corrected chi connectivity index (χ2v) is 16.6. The fourth-order valence-electron chi connectivity index (χ4n) is 7.58. The molecule has 262 valence electrons. The van der Waals surface area contributed by atoms with Gasteiger partial charge in [0.15, 0.2) is 5.11 Å². The number of rotatable bonds is 10. The number of sulfonamides is 1. The minimum atomic E-state index is -3.85. The van der Waals surface area contributed by atoms with Crippen molar-refractivity contribution in [3.05, 3.63) is 34.3 Å². The number of ether oxygens (including phenoxy) is 1. The summed E-state index contributed by atoms with van der Waals surface area (Å²) in [5.74, 6) is -2.12. The average Bonchev–Trinajstić information content (AvgIpc) is 3.94. The quantitative estimate of drug-likeness (QED) is 0.262. The molecular formula is C32H43ClN6O7S2. The lowest BCUT2D eigenvalue weighted by Gasteiger charge is -2.35. The third-order valence-corrected chi connectivity index (χ3v) is 12.8. The van der Waals surface area contributed by atoms with Gasteiger partial charge in [0.05, 0.1) is 18.3 Å². The van der Waals surface area contributed by atoms with Crippen LogP contribution >= 0.6 is 23.8 Å². The van der Waals surface area contributed by atoms with Crippen molar-refractivity contribution in [3.8, 4) is 0 Å². The Morgan fingerprint density at radius 2 is 1.85 bits per heavy atom. The van der Waals surface area contributed by atoms with Crippen LogP contribution in [0.4, 0.5) is 4.79 Å². The number of hydrogen-bond donors (Lipinski definition) is 4.